The van der Waals surface area contributed by atoms with E-state index in [2.05, 4.69) is 5.10 Å². The van der Waals surface area contributed by atoms with Crippen LogP contribution in [0.3, 0.4) is 0 Å². The molecule has 0 saturated heterocycles. The molecule has 5 nitrogen and oxygen atoms in total. The fourth-order valence-electron chi connectivity index (χ4n) is 3.07. The number of amides is 1. The molecule has 0 unspecified atom stereocenters. The highest BCUT2D eigenvalue weighted by Crippen LogP contribution is 2.13. The first kappa shape index (κ1) is 20.7. The van der Waals surface area contributed by atoms with Gasteiger partial charge in [-0.25, -0.2) is 9.07 Å². The predicted molar refractivity (Wildman–Crippen MR) is 112 cm³/mol. The summed E-state index contributed by atoms with van der Waals surface area (Å²) in [5.41, 5.74) is 2.52. The van der Waals surface area contributed by atoms with E-state index in [0.29, 0.717) is 24.9 Å². The summed E-state index contributed by atoms with van der Waals surface area (Å²) in [4.78, 5) is 16.6. The lowest BCUT2D eigenvalue weighted by atomic mass is 10.1. The number of likely N-dealkylation sites (N-methyl/N-ethyl adjacent to an activating group) is 1. The van der Waals surface area contributed by atoms with Crippen molar-refractivity contribution in [1.29, 1.82) is 0 Å². The lowest BCUT2D eigenvalue weighted by molar-refractivity contribution is -0.132. The van der Waals surface area contributed by atoms with Crippen LogP contribution in [-0.4, -0.2) is 52.7 Å². The number of aryl methyl sites for hydroxylation is 1. The van der Waals surface area contributed by atoms with Crippen LogP contribution in [0.25, 0.3) is 5.69 Å². The van der Waals surface area contributed by atoms with Crippen LogP contribution in [0, 0.1) is 5.82 Å². The summed E-state index contributed by atoms with van der Waals surface area (Å²) in [5.74, 6) is -0.262. The Kier molecular flexibility index (Phi) is 7.14. The number of benzene rings is 2. The molecule has 3 rings (SSSR count). The van der Waals surface area contributed by atoms with E-state index in [1.165, 1.54) is 6.07 Å². The molecule has 1 amide bonds. The Morgan fingerprint density at radius 3 is 2.48 bits per heavy atom. The Balaban J connectivity index is 1.63. The number of rotatable bonds is 9. The summed E-state index contributed by atoms with van der Waals surface area (Å²) in [7, 11) is 3.92. The molecule has 3 aromatic rings. The molecular formula is C23H27FN4O. The van der Waals surface area contributed by atoms with Crippen molar-refractivity contribution < 1.29 is 9.18 Å². The summed E-state index contributed by atoms with van der Waals surface area (Å²) in [6.07, 6.45) is 4.70. The number of aromatic nitrogens is 2. The molecule has 0 aliphatic rings. The standard InChI is InChI=1S/C23H27FN4O/c1-26(2)14-15-27(18-20-8-6-7-11-22(20)24)23(29)13-12-19-16-25-28(17-19)21-9-4-3-5-10-21/h3-11,16-17H,12-15,18H2,1-2H3. The molecule has 0 spiro atoms. The minimum Gasteiger partial charge on any atom is -0.337 e. The minimum atomic E-state index is -0.278. The highest BCUT2D eigenvalue weighted by atomic mass is 19.1. The molecule has 0 saturated carbocycles. The number of carbonyl (C=O) groups is 1. The van der Waals surface area contributed by atoms with Gasteiger partial charge in [0.15, 0.2) is 0 Å². The molecule has 6 heteroatoms. The van der Waals surface area contributed by atoms with E-state index in [-0.39, 0.29) is 18.3 Å². The monoisotopic (exact) mass is 394 g/mol. The third kappa shape index (κ3) is 5.99. The summed E-state index contributed by atoms with van der Waals surface area (Å²) in [5, 5.41) is 4.38. The zero-order valence-electron chi connectivity index (χ0n) is 17.0. The minimum absolute atomic E-state index is 0.0163. The van der Waals surface area contributed by atoms with Gasteiger partial charge in [0, 0.05) is 37.8 Å². The second kappa shape index (κ2) is 9.98. The molecule has 2 aromatic carbocycles. The van der Waals surface area contributed by atoms with Crippen LogP contribution >= 0.6 is 0 Å². The topological polar surface area (TPSA) is 41.4 Å². The van der Waals surface area contributed by atoms with Crippen molar-refractivity contribution in [3.63, 3.8) is 0 Å². The summed E-state index contributed by atoms with van der Waals surface area (Å²) >= 11 is 0. The number of hydrogen-bond donors (Lipinski definition) is 0. The van der Waals surface area contributed by atoms with Gasteiger partial charge in [-0.05, 0) is 44.3 Å². The lowest BCUT2D eigenvalue weighted by Gasteiger charge is -2.25. The maximum absolute atomic E-state index is 14.1. The second-order valence-corrected chi connectivity index (χ2v) is 7.34. The van der Waals surface area contributed by atoms with E-state index in [4.69, 9.17) is 0 Å². The quantitative estimate of drug-likeness (QED) is 0.558. The number of hydrogen-bond acceptors (Lipinski definition) is 3. The molecule has 152 valence electrons. The van der Waals surface area contributed by atoms with Gasteiger partial charge in [0.2, 0.25) is 5.91 Å². The van der Waals surface area contributed by atoms with Gasteiger partial charge in [0.1, 0.15) is 5.82 Å². The highest BCUT2D eigenvalue weighted by molar-refractivity contribution is 5.76. The fourth-order valence-corrected chi connectivity index (χ4v) is 3.07. The van der Waals surface area contributed by atoms with Gasteiger partial charge < -0.3 is 9.80 Å². The smallest absolute Gasteiger partial charge is 0.223 e. The van der Waals surface area contributed by atoms with Gasteiger partial charge in [-0.3, -0.25) is 4.79 Å². The predicted octanol–water partition coefficient (Wildman–Crippen LogP) is 3.53. The largest absolute Gasteiger partial charge is 0.337 e. The lowest BCUT2D eigenvalue weighted by Crippen LogP contribution is -2.36. The molecule has 0 aliphatic carbocycles. The Morgan fingerprint density at radius 2 is 1.76 bits per heavy atom. The molecule has 0 radical (unpaired) electrons. The van der Waals surface area contributed by atoms with Gasteiger partial charge in [0.05, 0.1) is 11.9 Å². The molecule has 0 fully saturated rings. The van der Waals surface area contributed by atoms with E-state index in [9.17, 15) is 9.18 Å². The zero-order valence-corrected chi connectivity index (χ0v) is 17.0. The second-order valence-electron chi connectivity index (χ2n) is 7.34. The van der Waals surface area contributed by atoms with Crippen LogP contribution in [0.4, 0.5) is 4.39 Å². The van der Waals surface area contributed by atoms with Crippen molar-refractivity contribution in [2.45, 2.75) is 19.4 Å². The van der Waals surface area contributed by atoms with Gasteiger partial charge >= 0.3 is 0 Å². The maximum Gasteiger partial charge on any atom is 0.223 e. The first-order valence-electron chi connectivity index (χ1n) is 9.78. The van der Waals surface area contributed by atoms with Gasteiger partial charge in [-0.1, -0.05) is 36.4 Å². The van der Waals surface area contributed by atoms with E-state index >= 15 is 0 Å². The fraction of sp³-hybridized carbons (Fsp3) is 0.304. The normalized spacial score (nSPS) is 11.0. The Bertz CT molecular complexity index is 923. The van der Waals surface area contributed by atoms with Crippen molar-refractivity contribution in [2.24, 2.45) is 0 Å². The molecule has 29 heavy (non-hydrogen) atoms. The van der Waals surface area contributed by atoms with Gasteiger partial charge in [-0.15, -0.1) is 0 Å². The molecule has 0 N–H and O–H groups in total. The molecule has 1 aromatic heterocycles. The Hall–Kier alpha value is -2.99. The Labute approximate surface area is 171 Å². The van der Waals surface area contributed by atoms with Crippen molar-refractivity contribution >= 4 is 5.91 Å². The molecule has 1 heterocycles. The van der Waals surface area contributed by atoms with Crippen LogP contribution < -0.4 is 0 Å². The van der Waals surface area contributed by atoms with Gasteiger partial charge in [-0.2, -0.15) is 5.10 Å². The van der Waals surface area contributed by atoms with E-state index in [0.717, 1.165) is 17.8 Å². The van der Waals surface area contributed by atoms with E-state index in [1.807, 2.05) is 60.2 Å². The Morgan fingerprint density at radius 1 is 1.03 bits per heavy atom. The molecule has 0 aliphatic heterocycles. The van der Waals surface area contributed by atoms with E-state index in [1.54, 1.807) is 29.3 Å². The summed E-state index contributed by atoms with van der Waals surface area (Å²) in [6, 6.07) is 16.5. The van der Waals surface area contributed by atoms with Crippen molar-refractivity contribution in [3.8, 4) is 5.69 Å². The average Bonchev–Trinajstić information content (AvgIpc) is 3.20. The third-order valence-corrected chi connectivity index (χ3v) is 4.77. The van der Waals surface area contributed by atoms with Crippen LogP contribution in [0.5, 0.6) is 0 Å². The number of halogens is 1. The van der Waals surface area contributed by atoms with Crippen molar-refractivity contribution in [2.75, 3.05) is 27.2 Å². The van der Waals surface area contributed by atoms with Crippen LogP contribution in [0.2, 0.25) is 0 Å². The number of carbonyl (C=O) groups excluding carboxylic acids is 1. The SMILES string of the molecule is CN(C)CCN(Cc1ccccc1F)C(=O)CCc1cnn(-c2ccccc2)c1. The molecule has 0 atom stereocenters. The van der Waals surface area contributed by atoms with Crippen LogP contribution in [0.1, 0.15) is 17.5 Å². The van der Waals surface area contributed by atoms with Crippen LogP contribution in [0.15, 0.2) is 67.0 Å². The molecule has 0 bridgehead atoms. The average molecular weight is 394 g/mol. The van der Waals surface area contributed by atoms with Crippen LogP contribution in [-0.2, 0) is 17.8 Å². The first-order valence-corrected chi connectivity index (χ1v) is 9.78. The van der Waals surface area contributed by atoms with Crippen molar-refractivity contribution in [3.05, 3.63) is 83.9 Å². The summed E-state index contributed by atoms with van der Waals surface area (Å²) in [6.45, 7) is 1.57. The van der Waals surface area contributed by atoms with E-state index < -0.39 is 0 Å². The number of nitrogens with zero attached hydrogens (tertiary/aromatic N) is 4. The highest BCUT2D eigenvalue weighted by Gasteiger charge is 2.16. The zero-order chi connectivity index (χ0) is 20.6. The molecular weight excluding hydrogens is 367 g/mol. The maximum atomic E-state index is 14.1. The van der Waals surface area contributed by atoms with Gasteiger partial charge in [0.25, 0.3) is 0 Å². The summed E-state index contributed by atoms with van der Waals surface area (Å²) < 4.78 is 15.9. The van der Waals surface area contributed by atoms with Crippen molar-refractivity contribution in [1.82, 2.24) is 19.6 Å². The third-order valence-electron chi connectivity index (χ3n) is 4.77. The first-order chi connectivity index (χ1) is 14.0. The number of para-hydroxylation sites is 1.